The molecular formula is C51H53BN4. The van der Waals surface area contributed by atoms with Crippen LogP contribution < -0.4 is 26.3 Å². The van der Waals surface area contributed by atoms with E-state index in [4.69, 9.17) is 4.98 Å². The molecule has 56 heavy (non-hydrogen) atoms. The third-order valence-corrected chi connectivity index (χ3v) is 12.4. The summed E-state index contributed by atoms with van der Waals surface area (Å²) < 4.78 is 2.53. The SMILES string of the molecule is Cc1cc2c3c(n1)N(c1ccc(C(C)C(C)C)cc1)c1cc(C(C)(C)C)ccc1B3c1c(c3ccccc3n1-c1ccccc1)N2c1ccc(C(C)(C)C)cc1. The molecule has 0 N–H and O–H groups in total. The molecule has 0 bridgehead atoms. The van der Waals surface area contributed by atoms with Gasteiger partial charge in [0.05, 0.1) is 11.2 Å². The molecule has 5 aromatic carbocycles. The highest BCUT2D eigenvalue weighted by Gasteiger charge is 2.47. The molecule has 9 rings (SSSR count). The molecule has 2 aliphatic heterocycles. The minimum atomic E-state index is -0.0682. The molecule has 0 amide bonds. The van der Waals surface area contributed by atoms with E-state index in [0.717, 1.165) is 28.6 Å². The number of fused-ring (bicyclic) bond motifs is 6. The van der Waals surface area contributed by atoms with Crippen LogP contribution in [-0.4, -0.2) is 16.3 Å². The van der Waals surface area contributed by atoms with Crippen molar-refractivity contribution in [2.24, 2.45) is 5.92 Å². The molecule has 1 atom stereocenters. The fraction of sp³-hybridized carbons (Fsp3) is 0.275. The maximum atomic E-state index is 5.53. The van der Waals surface area contributed by atoms with Crippen molar-refractivity contribution < 1.29 is 0 Å². The molecule has 4 heterocycles. The molecule has 0 saturated carbocycles. The number of aryl methyl sites for hydroxylation is 1. The lowest BCUT2D eigenvalue weighted by Crippen LogP contribution is -2.63. The second-order valence-electron chi connectivity index (χ2n) is 18.5. The first kappa shape index (κ1) is 36.1. The quantitative estimate of drug-likeness (QED) is 0.165. The molecule has 0 aliphatic carbocycles. The third kappa shape index (κ3) is 5.69. The summed E-state index contributed by atoms with van der Waals surface area (Å²) in [5.74, 6) is 2.03. The van der Waals surface area contributed by atoms with E-state index in [0.29, 0.717) is 11.8 Å². The first-order valence-electron chi connectivity index (χ1n) is 20.4. The van der Waals surface area contributed by atoms with Crippen molar-refractivity contribution in [3.05, 3.63) is 150 Å². The van der Waals surface area contributed by atoms with E-state index in [1.165, 1.54) is 61.2 Å². The number of rotatable bonds is 5. The highest BCUT2D eigenvalue weighted by atomic mass is 15.2. The van der Waals surface area contributed by atoms with Crippen LogP contribution in [0.1, 0.15) is 90.6 Å². The summed E-state index contributed by atoms with van der Waals surface area (Å²) in [6, 6.07) is 48.0. The van der Waals surface area contributed by atoms with Crippen molar-refractivity contribution in [3.8, 4) is 5.69 Å². The summed E-state index contributed by atoms with van der Waals surface area (Å²) in [6.07, 6.45) is 0. The van der Waals surface area contributed by atoms with E-state index in [1.807, 2.05) is 0 Å². The van der Waals surface area contributed by atoms with Crippen molar-refractivity contribution in [2.75, 3.05) is 9.80 Å². The van der Waals surface area contributed by atoms with Crippen LogP contribution in [-0.2, 0) is 10.8 Å². The van der Waals surface area contributed by atoms with Crippen LogP contribution >= 0.6 is 0 Å². The Labute approximate surface area is 333 Å². The Balaban J connectivity index is 1.41. The lowest BCUT2D eigenvalue weighted by atomic mass is 9.35. The normalized spacial score (nSPS) is 14.2. The Hall–Kier alpha value is -5.55. The molecule has 4 nitrogen and oxygen atoms in total. The molecule has 2 aromatic heterocycles. The molecular weight excluding hydrogens is 679 g/mol. The van der Waals surface area contributed by atoms with Crippen LogP contribution in [0.25, 0.3) is 16.6 Å². The van der Waals surface area contributed by atoms with Gasteiger partial charge in [-0.25, -0.2) is 4.98 Å². The molecule has 280 valence electrons. The fourth-order valence-corrected chi connectivity index (χ4v) is 8.95. The standard InChI is InChI=1S/C51H53BN4/c1-32(2)34(4)35-20-25-40(26-21-35)56-44-31-37(51(8,9)10)24-29-42(44)52-46-45(30-33(3)53-49(46)56)54(39-27-22-36(23-28-39)50(5,6)7)47-41-18-14-15-19-43(41)55(48(47)52)38-16-12-11-13-17-38/h11-32,34H,1-10H3. The van der Waals surface area contributed by atoms with Gasteiger partial charge >= 0.3 is 0 Å². The number of pyridine rings is 1. The maximum Gasteiger partial charge on any atom is 0.275 e. The van der Waals surface area contributed by atoms with Gasteiger partial charge in [-0.15, -0.1) is 0 Å². The number of benzene rings is 5. The van der Waals surface area contributed by atoms with Crippen LogP contribution in [0, 0.1) is 12.8 Å². The van der Waals surface area contributed by atoms with Crippen LogP contribution in [0.4, 0.5) is 34.3 Å². The van der Waals surface area contributed by atoms with Crippen LogP contribution in [0.5, 0.6) is 0 Å². The Morgan fingerprint density at radius 3 is 1.86 bits per heavy atom. The van der Waals surface area contributed by atoms with Gasteiger partial charge in [-0.3, -0.25) is 4.90 Å². The summed E-state index contributed by atoms with van der Waals surface area (Å²) in [6.45, 7) is 22.8. The minimum Gasteiger partial charge on any atom is -0.319 e. The molecule has 5 heteroatoms. The highest BCUT2D eigenvalue weighted by molar-refractivity contribution is 7.00. The lowest BCUT2D eigenvalue weighted by Gasteiger charge is -2.43. The zero-order valence-corrected chi connectivity index (χ0v) is 34.6. The number of aromatic nitrogens is 2. The van der Waals surface area contributed by atoms with E-state index < -0.39 is 0 Å². The zero-order chi connectivity index (χ0) is 39.3. The van der Waals surface area contributed by atoms with Gasteiger partial charge in [-0.2, -0.15) is 0 Å². The Morgan fingerprint density at radius 2 is 1.20 bits per heavy atom. The van der Waals surface area contributed by atoms with Gasteiger partial charge < -0.3 is 9.47 Å². The first-order chi connectivity index (χ1) is 26.7. The molecule has 0 spiro atoms. The average molecular weight is 733 g/mol. The van der Waals surface area contributed by atoms with E-state index >= 15 is 0 Å². The largest absolute Gasteiger partial charge is 0.319 e. The van der Waals surface area contributed by atoms with Gasteiger partial charge in [-0.1, -0.05) is 135 Å². The second kappa shape index (κ2) is 13.0. The second-order valence-corrected chi connectivity index (χ2v) is 18.5. The van der Waals surface area contributed by atoms with Crippen molar-refractivity contribution in [2.45, 2.75) is 86.0 Å². The maximum absolute atomic E-state index is 5.53. The minimum absolute atomic E-state index is 0.0323. The molecule has 0 fully saturated rings. The van der Waals surface area contributed by atoms with Crippen LogP contribution in [0.2, 0.25) is 0 Å². The summed E-state index contributed by atoms with van der Waals surface area (Å²) in [5.41, 5.74) is 17.0. The lowest BCUT2D eigenvalue weighted by molar-refractivity contribution is 0.535. The number of anilines is 6. The van der Waals surface area contributed by atoms with E-state index in [-0.39, 0.29) is 17.5 Å². The predicted molar refractivity (Wildman–Crippen MR) is 240 cm³/mol. The smallest absolute Gasteiger partial charge is 0.275 e. The monoisotopic (exact) mass is 732 g/mol. The van der Waals surface area contributed by atoms with E-state index in [9.17, 15) is 0 Å². The topological polar surface area (TPSA) is 24.3 Å². The van der Waals surface area contributed by atoms with Gasteiger partial charge in [0.1, 0.15) is 5.82 Å². The van der Waals surface area contributed by atoms with Crippen molar-refractivity contribution >= 4 is 68.4 Å². The molecule has 0 saturated heterocycles. The van der Waals surface area contributed by atoms with Crippen molar-refractivity contribution in [3.63, 3.8) is 0 Å². The Bertz CT molecular complexity index is 2600. The van der Waals surface area contributed by atoms with E-state index in [2.05, 4.69) is 211 Å². The zero-order valence-electron chi connectivity index (χ0n) is 34.6. The van der Waals surface area contributed by atoms with Crippen LogP contribution in [0.3, 0.4) is 0 Å². The first-order valence-corrected chi connectivity index (χ1v) is 20.4. The van der Waals surface area contributed by atoms with Crippen molar-refractivity contribution in [1.82, 2.24) is 9.55 Å². The number of nitrogens with zero attached hydrogens (tertiary/aromatic N) is 4. The highest BCUT2D eigenvalue weighted by Crippen LogP contribution is 2.47. The number of hydrogen-bond donors (Lipinski definition) is 0. The van der Waals surface area contributed by atoms with E-state index in [1.54, 1.807) is 0 Å². The molecule has 0 radical (unpaired) electrons. The summed E-state index contributed by atoms with van der Waals surface area (Å²) >= 11 is 0. The predicted octanol–water partition coefficient (Wildman–Crippen LogP) is 11.8. The van der Waals surface area contributed by atoms with Crippen molar-refractivity contribution in [1.29, 1.82) is 0 Å². The summed E-state index contributed by atoms with van der Waals surface area (Å²) in [4.78, 5) is 10.5. The molecule has 7 aromatic rings. The fourth-order valence-electron chi connectivity index (χ4n) is 8.95. The van der Waals surface area contributed by atoms with Crippen LogP contribution in [0.15, 0.2) is 127 Å². The Morgan fingerprint density at radius 1 is 0.589 bits per heavy atom. The van der Waals surface area contributed by atoms with Gasteiger partial charge in [0, 0.05) is 45.1 Å². The summed E-state index contributed by atoms with van der Waals surface area (Å²) in [5, 5.41) is 1.23. The molecule has 2 aliphatic rings. The third-order valence-electron chi connectivity index (χ3n) is 12.4. The van der Waals surface area contributed by atoms with Gasteiger partial charge in [0.25, 0.3) is 6.71 Å². The average Bonchev–Trinajstić information content (AvgIpc) is 3.51. The van der Waals surface area contributed by atoms with Gasteiger partial charge in [0.15, 0.2) is 0 Å². The number of para-hydroxylation sites is 2. The molecule has 1 unspecified atom stereocenters. The van der Waals surface area contributed by atoms with Gasteiger partial charge in [-0.05, 0) is 112 Å². The number of hydrogen-bond acceptors (Lipinski definition) is 3. The van der Waals surface area contributed by atoms with Gasteiger partial charge in [0.2, 0.25) is 0 Å². The summed E-state index contributed by atoms with van der Waals surface area (Å²) in [7, 11) is 0. The Kier molecular flexibility index (Phi) is 8.39.